The first kappa shape index (κ1) is 16.1. The number of hydrogen-bond donors (Lipinski definition) is 1. The quantitative estimate of drug-likeness (QED) is 0.883. The summed E-state index contributed by atoms with van der Waals surface area (Å²) < 4.78 is 5.48. The van der Waals surface area contributed by atoms with Crippen LogP contribution in [0.5, 0.6) is 0 Å². The van der Waals surface area contributed by atoms with Gasteiger partial charge in [0.25, 0.3) is 0 Å². The molecule has 3 aliphatic heterocycles. The van der Waals surface area contributed by atoms with Gasteiger partial charge in [-0.2, -0.15) is 0 Å². The van der Waals surface area contributed by atoms with Crippen LogP contribution >= 0.6 is 0 Å². The summed E-state index contributed by atoms with van der Waals surface area (Å²) in [6, 6.07) is 8.23. The summed E-state index contributed by atoms with van der Waals surface area (Å²) in [4.78, 5) is 21.7. The van der Waals surface area contributed by atoms with Crippen LogP contribution < -0.4 is 5.32 Å². The molecular formula is C19H24N4O2. The van der Waals surface area contributed by atoms with Crippen molar-refractivity contribution >= 4 is 11.6 Å². The number of hydrogen-bond acceptors (Lipinski definition) is 6. The number of ketones is 1. The molecule has 1 aromatic carbocycles. The van der Waals surface area contributed by atoms with Crippen molar-refractivity contribution in [2.45, 2.75) is 26.1 Å². The first-order chi connectivity index (χ1) is 12.1. The van der Waals surface area contributed by atoms with Gasteiger partial charge in [-0.05, 0) is 19.4 Å². The van der Waals surface area contributed by atoms with Crippen molar-refractivity contribution < 1.29 is 9.53 Å². The predicted molar refractivity (Wildman–Crippen MR) is 96.1 cm³/mol. The maximum Gasteiger partial charge on any atom is 0.154 e. The van der Waals surface area contributed by atoms with Crippen LogP contribution in [0.1, 0.15) is 24.2 Å². The zero-order valence-corrected chi connectivity index (χ0v) is 14.7. The average molecular weight is 340 g/mol. The van der Waals surface area contributed by atoms with Crippen LogP contribution in [0, 0.1) is 6.92 Å². The Bertz CT molecular complexity index is 719. The van der Waals surface area contributed by atoms with Gasteiger partial charge in [0.05, 0.1) is 18.9 Å². The second-order valence-electron chi connectivity index (χ2n) is 6.81. The number of carbonyl (C=O) groups excluding carboxylic acids is 1. The number of carbonyl (C=O) groups is 1. The lowest BCUT2D eigenvalue weighted by Crippen LogP contribution is -2.51. The lowest BCUT2D eigenvalue weighted by Gasteiger charge is -2.38. The van der Waals surface area contributed by atoms with Gasteiger partial charge in [-0.15, -0.1) is 0 Å². The highest BCUT2D eigenvalue weighted by molar-refractivity contribution is 6.01. The van der Waals surface area contributed by atoms with E-state index in [1.165, 1.54) is 5.56 Å². The molecule has 6 nitrogen and oxygen atoms in total. The molecule has 2 unspecified atom stereocenters. The monoisotopic (exact) mass is 340 g/mol. The number of aryl methyl sites for hydroxylation is 1. The van der Waals surface area contributed by atoms with Gasteiger partial charge >= 0.3 is 0 Å². The molecule has 1 aromatic rings. The van der Waals surface area contributed by atoms with Crippen molar-refractivity contribution in [3.63, 3.8) is 0 Å². The van der Waals surface area contributed by atoms with E-state index in [2.05, 4.69) is 46.3 Å². The van der Waals surface area contributed by atoms with E-state index in [9.17, 15) is 4.79 Å². The SMILES string of the molecule is CC(=O)C1CNC=C2C(N3CCOCC3)=NC(c3ccc(C)cc3)N21. The molecule has 0 amide bonds. The topological polar surface area (TPSA) is 57.2 Å². The highest BCUT2D eigenvalue weighted by Gasteiger charge is 2.42. The molecule has 6 heteroatoms. The summed E-state index contributed by atoms with van der Waals surface area (Å²) in [7, 11) is 0. The van der Waals surface area contributed by atoms with Crippen LogP contribution in [-0.4, -0.2) is 60.3 Å². The van der Waals surface area contributed by atoms with Gasteiger partial charge in [-0.3, -0.25) is 4.79 Å². The highest BCUT2D eigenvalue weighted by Crippen LogP contribution is 2.37. The Hall–Kier alpha value is -2.34. The predicted octanol–water partition coefficient (Wildman–Crippen LogP) is 1.44. The number of benzene rings is 1. The van der Waals surface area contributed by atoms with Gasteiger partial charge in [-0.1, -0.05) is 29.8 Å². The van der Waals surface area contributed by atoms with Crippen molar-refractivity contribution in [2.24, 2.45) is 4.99 Å². The van der Waals surface area contributed by atoms with Crippen LogP contribution in [0.15, 0.2) is 41.2 Å². The van der Waals surface area contributed by atoms with Crippen LogP contribution in [0.3, 0.4) is 0 Å². The molecule has 0 aliphatic carbocycles. The largest absolute Gasteiger partial charge is 0.387 e. The Kier molecular flexibility index (Phi) is 4.21. The summed E-state index contributed by atoms with van der Waals surface area (Å²) in [5.41, 5.74) is 3.35. The molecule has 0 radical (unpaired) electrons. The standard InChI is InChI=1S/C19H24N4O2/c1-13-3-5-15(6-4-13)18-21-19(22-7-9-25-10-8-22)17-12-20-11-16(14(2)24)23(17)18/h3-6,12,16,18,20H,7-11H2,1-2H3. The molecule has 2 atom stereocenters. The summed E-state index contributed by atoms with van der Waals surface area (Å²) in [6.07, 6.45) is 1.85. The molecule has 1 N–H and O–H groups in total. The number of nitrogens with one attached hydrogen (secondary N) is 1. The number of nitrogens with zero attached hydrogens (tertiary/aromatic N) is 3. The molecule has 0 bridgehead atoms. The second kappa shape index (κ2) is 6.52. The van der Waals surface area contributed by atoms with E-state index in [1.54, 1.807) is 6.92 Å². The fraction of sp³-hybridized carbons (Fsp3) is 0.474. The number of aliphatic imine (C=N–C) groups is 1. The molecule has 3 aliphatic rings. The molecule has 1 saturated heterocycles. The average Bonchev–Trinajstić information content (AvgIpc) is 3.03. The maximum atomic E-state index is 12.3. The molecular weight excluding hydrogens is 316 g/mol. The van der Waals surface area contributed by atoms with Gasteiger partial charge < -0.3 is 19.9 Å². The Morgan fingerprint density at radius 3 is 2.64 bits per heavy atom. The second-order valence-corrected chi connectivity index (χ2v) is 6.81. The van der Waals surface area contributed by atoms with E-state index >= 15 is 0 Å². The molecule has 25 heavy (non-hydrogen) atoms. The van der Waals surface area contributed by atoms with Gasteiger partial charge in [0.15, 0.2) is 11.6 Å². The third-order valence-corrected chi connectivity index (χ3v) is 5.06. The molecule has 0 spiro atoms. The Labute approximate surface area is 148 Å². The minimum Gasteiger partial charge on any atom is -0.387 e. The van der Waals surface area contributed by atoms with E-state index in [1.807, 2.05) is 6.20 Å². The van der Waals surface area contributed by atoms with Crippen molar-refractivity contribution in [3.05, 3.63) is 47.3 Å². The summed E-state index contributed by atoms with van der Waals surface area (Å²) >= 11 is 0. The van der Waals surface area contributed by atoms with Crippen LogP contribution in [0.2, 0.25) is 0 Å². The first-order valence-corrected chi connectivity index (χ1v) is 8.85. The maximum absolute atomic E-state index is 12.3. The summed E-state index contributed by atoms with van der Waals surface area (Å²) in [6.45, 7) is 7.44. The van der Waals surface area contributed by atoms with Crippen LogP contribution in [-0.2, 0) is 9.53 Å². The van der Waals surface area contributed by atoms with E-state index in [0.717, 1.165) is 30.2 Å². The molecule has 1 fully saturated rings. The number of ether oxygens (including phenoxy) is 1. The van der Waals surface area contributed by atoms with Crippen molar-refractivity contribution in [2.75, 3.05) is 32.8 Å². The Balaban J connectivity index is 1.74. The first-order valence-electron chi connectivity index (χ1n) is 8.85. The lowest BCUT2D eigenvalue weighted by molar-refractivity contribution is -0.122. The van der Waals surface area contributed by atoms with Crippen molar-refractivity contribution in [3.8, 4) is 0 Å². The number of Topliss-reactive ketones (excluding diaryl/α,β-unsaturated/α-hetero) is 1. The van der Waals surface area contributed by atoms with E-state index in [0.29, 0.717) is 19.8 Å². The zero-order valence-electron chi connectivity index (χ0n) is 14.7. The lowest BCUT2D eigenvalue weighted by atomic mass is 10.0. The van der Waals surface area contributed by atoms with Gasteiger partial charge in [0, 0.05) is 25.8 Å². The zero-order chi connectivity index (χ0) is 17.4. The van der Waals surface area contributed by atoms with Crippen molar-refractivity contribution in [1.29, 1.82) is 0 Å². The Morgan fingerprint density at radius 2 is 1.96 bits per heavy atom. The number of rotatable bonds is 2. The Morgan fingerprint density at radius 1 is 1.24 bits per heavy atom. The van der Waals surface area contributed by atoms with E-state index in [-0.39, 0.29) is 18.0 Å². The van der Waals surface area contributed by atoms with Crippen LogP contribution in [0.4, 0.5) is 0 Å². The molecule has 0 saturated carbocycles. The number of amidine groups is 1. The number of morpholine rings is 1. The minimum atomic E-state index is -0.200. The summed E-state index contributed by atoms with van der Waals surface area (Å²) in [5.74, 6) is 1.13. The number of fused-ring (bicyclic) bond motifs is 1. The highest BCUT2D eigenvalue weighted by atomic mass is 16.5. The smallest absolute Gasteiger partial charge is 0.154 e. The minimum absolute atomic E-state index is 0.152. The molecule has 0 aromatic heterocycles. The van der Waals surface area contributed by atoms with E-state index in [4.69, 9.17) is 9.73 Å². The van der Waals surface area contributed by atoms with Gasteiger partial charge in [-0.25, -0.2) is 4.99 Å². The summed E-state index contributed by atoms with van der Waals surface area (Å²) in [5, 5.41) is 3.27. The van der Waals surface area contributed by atoms with E-state index < -0.39 is 0 Å². The third-order valence-electron chi connectivity index (χ3n) is 5.06. The van der Waals surface area contributed by atoms with Crippen LogP contribution in [0.25, 0.3) is 0 Å². The van der Waals surface area contributed by atoms with Gasteiger partial charge in [0.1, 0.15) is 12.2 Å². The third kappa shape index (κ3) is 2.91. The fourth-order valence-electron chi connectivity index (χ4n) is 3.67. The molecule has 4 rings (SSSR count). The molecule has 132 valence electrons. The molecule has 3 heterocycles. The normalized spacial score (nSPS) is 25.8. The fourth-order valence-corrected chi connectivity index (χ4v) is 3.67. The van der Waals surface area contributed by atoms with Gasteiger partial charge in [0.2, 0.25) is 0 Å². The van der Waals surface area contributed by atoms with Crippen molar-refractivity contribution in [1.82, 2.24) is 15.1 Å².